The van der Waals surface area contributed by atoms with Gasteiger partial charge in [-0.3, -0.25) is 0 Å². The number of ether oxygens (including phenoxy) is 1. The van der Waals surface area contributed by atoms with Crippen molar-refractivity contribution in [2.45, 2.75) is 0 Å². The van der Waals surface area contributed by atoms with Crippen molar-refractivity contribution < 1.29 is 4.74 Å². The molecule has 0 saturated carbocycles. The summed E-state index contributed by atoms with van der Waals surface area (Å²) in [4.78, 5) is 0. The second kappa shape index (κ2) is 5.47. The Morgan fingerprint density at radius 2 is 2.00 bits per heavy atom. The van der Waals surface area contributed by atoms with Gasteiger partial charge < -0.3 is 4.74 Å². The van der Waals surface area contributed by atoms with Gasteiger partial charge in [0.15, 0.2) is 0 Å². The molecule has 0 radical (unpaired) electrons. The largest absolute Gasteiger partial charge is 0.481 e. The molecule has 0 bridgehead atoms. The molecule has 2 aromatic rings. The summed E-state index contributed by atoms with van der Waals surface area (Å²) in [6.07, 6.45) is 9.83. The first-order valence-electron chi connectivity index (χ1n) is 4.94. The molecule has 5 nitrogen and oxygen atoms in total. The molecule has 17 heavy (non-hydrogen) atoms. The van der Waals surface area contributed by atoms with E-state index in [0.29, 0.717) is 0 Å². The fourth-order valence-corrected chi connectivity index (χ4v) is 1.16. The molecule has 0 aliphatic heterocycles. The van der Waals surface area contributed by atoms with Gasteiger partial charge in [-0.05, 0) is 29.8 Å². The van der Waals surface area contributed by atoms with Gasteiger partial charge in [0.05, 0.1) is 6.21 Å². The number of nitrogens with zero attached hydrogens (tertiary/aromatic N) is 4. The lowest BCUT2D eigenvalue weighted by molar-refractivity contribution is 0.370. The van der Waals surface area contributed by atoms with Crippen LogP contribution >= 0.6 is 0 Å². The van der Waals surface area contributed by atoms with E-state index in [1.165, 1.54) is 17.3 Å². The lowest BCUT2D eigenvalue weighted by atomic mass is 10.2. The number of rotatable bonds is 4. The molecule has 0 atom stereocenters. The number of aromatic nitrogens is 3. The van der Waals surface area contributed by atoms with E-state index < -0.39 is 0 Å². The third-order valence-electron chi connectivity index (χ3n) is 1.95. The van der Waals surface area contributed by atoms with Gasteiger partial charge in [-0.15, -0.1) is 16.6 Å². The zero-order chi connectivity index (χ0) is 11.9. The Morgan fingerprint density at radius 1 is 1.29 bits per heavy atom. The molecule has 0 N–H and O–H groups in total. The van der Waals surface area contributed by atoms with Gasteiger partial charge >= 0.3 is 0 Å². The maximum atomic E-state index is 5.25. The van der Waals surface area contributed by atoms with E-state index in [2.05, 4.69) is 21.2 Å². The van der Waals surface area contributed by atoms with Crippen molar-refractivity contribution >= 4 is 6.21 Å². The van der Waals surface area contributed by atoms with Gasteiger partial charge in [-0.25, -0.2) is 4.68 Å². The van der Waals surface area contributed by atoms with Gasteiger partial charge in [0, 0.05) is 0 Å². The van der Waals surface area contributed by atoms with Crippen LogP contribution in [-0.4, -0.2) is 27.7 Å². The predicted octanol–water partition coefficient (Wildman–Crippen LogP) is 1.17. The summed E-state index contributed by atoms with van der Waals surface area (Å²) < 4.78 is 6.77. The Kier molecular flexibility index (Phi) is 3.50. The highest BCUT2D eigenvalue weighted by Gasteiger charge is 1.92. The molecule has 1 heterocycles. The molecule has 0 unspecified atom stereocenters. The first-order valence-corrected chi connectivity index (χ1v) is 4.94. The summed E-state index contributed by atoms with van der Waals surface area (Å²) in [6.45, 7) is 0.272. The minimum atomic E-state index is 0.272. The highest BCUT2D eigenvalue weighted by Crippen LogP contribution is 2.10. The lowest BCUT2D eigenvalue weighted by Gasteiger charge is -2.01. The van der Waals surface area contributed by atoms with E-state index in [0.717, 1.165) is 11.3 Å². The average Bonchev–Trinajstić information content (AvgIpc) is 2.88. The monoisotopic (exact) mass is 226 g/mol. The Morgan fingerprint density at radius 3 is 2.65 bits per heavy atom. The number of terminal acetylenes is 1. The van der Waals surface area contributed by atoms with Gasteiger partial charge in [0.2, 0.25) is 0 Å². The quantitative estimate of drug-likeness (QED) is 0.581. The molecule has 0 saturated heterocycles. The maximum absolute atomic E-state index is 5.25. The SMILES string of the molecule is C#CCOc1ccc(/C=N\n2cnnc2)cc1. The van der Waals surface area contributed by atoms with Crippen LogP contribution in [0.5, 0.6) is 5.75 Å². The summed E-state index contributed by atoms with van der Waals surface area (Å²) in [5.74, 6) is 3.15. The number of hydrogen-bond donors (Lipinski definition) is 0. The summed E-state index contributed by atoms with van der Waals surface area (Å²) in [5.41, 5.74) is 0.951. The van der Waals surface area contributed by atoms with Crippen LogP contribution in [0, 0.1) is 12.3 Å². The maximum Gasteiger partial charge on any atom is 0.148 e. The smallest absolute Gasteiger partial charge is 0.148 e. The highest BCUT2D eigenvalue weighted by molar-refractivity contribution is 5.79. The van der Waals surface area contributed by atoms with Crippen molar-refractivity contribution in [3.05, 3.63) is 42.5 Å². The van der Waals surface area contributed by atoms with Crippen molar-refractivity contribution in [1.29, 1.82) is 0 Å². The van der Waals surface area contributed by atoms with Crippen LogP contribution in [0.4, 0.5) is 0 Å². The van der Waals surface area contributed by atoms with E-state index >= 15 is 0 Å². The summed E-state index contributed by atoms with van der Waals surface area (Å²) in [6, 6.07) is 7.45. The van der Waals surface area contributed by atoms with Gasteiger partial charge in [-0.2, -0.15) is 5.10 Å². The Bertz CT molecular complexity index is 523. The fourth-order valence-electron chi connectivity index (χ4n) is 1.16. The van der Waals surface area contributed by atoms with E-state index in [-0.39, 0.29) is 6.61 Å². The van der Waals surface area contributed by atoms with Crippen molar-refractivity contribution in [2.75, 3.05) is 6.61 Å². The normalized spacial score (nSPS) is 10.3. The highest BCUT2D eigenvalue weighted by atomic mass is 16.5. The van der Waals surface area contributed by atoms with Crippen molar-refractivity contribution in [3.63, 3.8) is 0 Å². The van der Waals surface area contributed by atoms with Crippen LogP contribution in [-0.2, 0) is 0 Å². The first-order chi connectivity index (χ1) is 8.38. The summed E-state index contributed by atoms with van der Waals surface area (Å²) >= 11 is 0. The van der Waals surface area contributed by atoms with Gasteiger partial charge in [0.1, 0.15) is 25.0 Å². The van der Waals surface area contributed by atoms with E-state index in [9.17, 15) is 0 Å². The number of benzene rings is 1. The average molecular weight is 226 g/mol. The second-order valence-electron chi connectivity index (χ2n) is 3.15. The Hall–Kier alpha value is -2.61. The topological polar surface area (TPSA) is 52.3 Å². The standard InChI is InChI=1S/C12H10N4O/c1-2-7-17-12-5-3-11(4-6-12)8-15-16-9-13-14-10-16/h1,3-6,8-10H,7H2/b15-8-. The zero-order valence-electron chi connectivity index (χ0n) is 9.02. The fraction of sp³-hybridized carbons (Fsp3) is 0.0833. The Labute approximate surface area is 98.8 Å². The number of hydrogen-bond acceptors (Lipinski definition) is 4. The third-order valence-corrected chi connectivity index (χ3v) is 1.95. The molecule has 84 valence electrons. The third kappa shape index (κ3) is 3.18. The molecular formula is C12H10N4O. The molecule has 1 aromatic carbocycles. The minimum absolute atomic E-state index is 0.272. The van der Waals surface area contributed by atoms with E-state index in [1.54, 1.807) is 6.21 Å². The summed E-state index contributed by atoms with van der Waals surface area (Å²) in [5, 5.41) is 11.4. The van der Waals surface area contributed by atoms with Crippen LogP contribution in [0.1, 0.15) is 5.56 Å². The van der Waals surface area contributed by atoms with Crippen LogP contribution in [0.15, 0.2) is 42.0 Å². The first kappa shape index (κ1) is 10.9. The predicted molar refractivity (Wildman–Crippen MR) is 63.8 cm³/mol. The van der Waals surface area contributed by atoms with Gasteiger partial charge in [-0.1, -0.05) is 5.92 Å². The van der Waals surface area contributed by atoms with Gasteiger partial charge in [0.25, 0.3) is 0 Å². The molecule has 0 aliphatic carbocycles. The lowest BCUT2D eigenvalue weighted by Crippen LogP contribution is -1.93. The molecule has 1 aromatic heterocycles. The molecular weight excluding hydrogens is 216 g/mol. The van der Waals surface area contributed by atoms with Crippen molar-refractivity contribution in [3.8, 4) is 18.1 Å². The van der Waals surface area contributed by atoms with Crippen LogP contribution < -0.4 is 4.74 Å². The summed E-state index contributed by atoms with van der Waals surface area (Å²) in [7, 11) is 0. The molecule has 0 spiro atoms. The zero-order valence-corrected chi connectivity index (χ0v) is 9.02. The van der Waals surface area contributed by atoms with E-state index in [4.69, 9.17) is 11.2 Å². The second-order valence-corrected chi connectivity index (χ2v) is 3.15. The van der Waals surface area contributed by atoms with E-state index in [1.807, 2.05) is 24.3 Å². The molecule has 5 heteroatoms. The minimum Gasteiger partial charge on any atom is -0.481 e. The molecule has 0 fully saturated rings. The van der Waals surface area contributed by atoms with Crippen molar-refractivity contribution in [2.24, 2.45) is 5.10 Å². The Balaban J connectivity index is 2.01. The van der Waals surface area contributed by atoms with Crippen LogP contribution in [0.3, 0.4) is 0 Å². The van der Waals surface area contributed by atoms with Crippen LogP contribution in [0.25, 0.3) is 0 Å². The molecule has 0 aliphatic rings. The molecule has 0 amide bonds. The van der Waals surface area contributed by atoms with Crippen molar-refractivity contribution in [1.82, 2.24) is 14.9 Å². The van der Waals surface area contributed by atoms with Crippen LogP contribution in [0.2, 0.25) is 0 Å². The molecule has 2 rings (SSSR count).